The number of ether oxygens (including phenoxy) is 1. The van der Waals surface area contributed by atoms with E-state index >= 15 is 0 Å². The lowest BCUT2D eigenvalue weighted by molar-refractivity contribution is -0.144. The van der Waals surface area contributed by atoms with Crippen LogP contribution >= 0.6 is 11.6 Å². The van der Waals surface area contributed by atoms with Crippen LogP contribution in [-0.2, 0) is 20.7 Å². The van der Waals surface area contributed by atoms with Crippen LogP contribution in [0.1, 0.15) is 17.7 Å². The summed E-state index contributed by atoms with van der Waals surface area (Å²) in [4.78, 5) is 28.9. The molecule has 1 fully saturated rings. The van der Waals surface area contributed by atoms with Gasteiger partial charge in [-0.25, -0.2) is 4.98 Å². The Morgan fingerprint density at radius 3 is 2.90 bits per heavy atom. The Balaban J connectivity index is 1.82. The number of likely N-dealkylation sites (tertiary alicyclic amines) is 1. The summed E-state index contributed by atoms with van der Waals surface area (Å²) in [6.07, 6.45) is 0.623. The minimum absolute atomic E-state index is 0.0980. The summed E-state index contributed by atoms with van der Waals surface area (Å²) in [5.41, 5.74) is 1.53. The average Bonchev–Trinajstić information content (AvgIpc) is 2.70. The number of nitrogens with zero attached hydrogens (tertiary/aromatic N) is 2. The highest BCUT2D eigenvalue weighted by Crippen LogP contribution is 2.17. The van der Waals surface area contributed by atoms with E-state index in [-0.39, 0.29) is 30.8 Å². The summed E-state index contributed by atoms with van der Waals surface area (Å²) in [5, 5.41) is 0.409. The topological polar surface area (TPSA) is 59.5 Å². The van der Waals surface area contributed by atoms with Gasteiger partial charge in [0.15, 0.2) is 0 Å². The second kappa shape index (κ2) is 6.22. The third kappa shape index (κ3) is 3.70. The number of carbonyl (C=O) groups excluding carboxylic acids is 2. The fourth-order valence-corrected chi connectivity index (χ4v) is 2.42. The molecule has 1 aromatic heterocycles. The van der Waals surface area contributed by atoms with Crippen LogP contribution in [0.5, 0.6) is 0 Å². The molecule has 0 saturated carbocycles. The smallest absolute Gasteiger partial charge is 0.310 e. The SMILES string of the molecule is Cc1nc(Cl)ccc1CC(=O)OC[C@@H]1CC(=O)N(C)C1. The second-order valence-corrected chi connectivity index (χ2v) is 5.47. The van der Waals surface area contributed by atoms with Crippen LogP contribution in [0.15, 0.2) is 12.1 Å². The zero-order valence-corrected chi connectivity index (χ0v) is 12.3. The lowest BCUT2D eigenvalue weighted by atomic mass is 10.1. The minimum Gasteiger partial charge on any atom is -0.465 e. The van der Waals surface area contributed by atoms with E-state index in [1.54, 1.807) is 31.0 Å². The van der Waals surface area contributed by atoms with Crippen LogP contribution in [-0.4, -0.2) is 42.0 Å². The largest absolute Gasteiger partial charge is 0.465 e. The molecule has 1 amide bonds. The third-order valence-electron chi connectivity index (χ3n) is 3.40. The maximum absolute atomic E-state index is 11.8. The number of amides is 1. The van der Waals surface area contributed by atoms with Crippen LogP contribution < -0.4 is 0 Å². The molecule has 0 spiro atoms. The maximum atomic E-state index is 11.8. The Morgan fingerprint density at radius 2 is 2.30 bits per heavy atom. The van der Waals surface area contributed by atoms with E-state index in [9.17, 15) is 9.59 Å². The van der Waals surface area contributed by atoms with Gasteiger partial charge in [0.05, 0.1) is 13.0 Å². The van der Waals surface area contributed by atoms with Gasteiger partial charge in [-0.15, -0.1) is 0 Å². The quantitative estimate of drug-likeness (QED) is 0.625. The number of aryl methyl sites for hydroxylation is 1. The standard InChI is InChI=1S/C14H17ClN2O3/c1-9-11(3-4-12(15)16-9)6-14(19)20-8-10-5-13(18)17(2)7-10/h3-4,10H,5-8H2,1-2H3/t10-/m1/s1. The molecule has 0 unspecified atom stereocenters. The molecule has 20 heavy (non-hydrogen) atoms. The van der Waals surface area contributed by atoms with Gasteiger partial charge >= 0.3 is 5.97 Å². The Bertz CT molecular complexity index is 533. The van der Waals surface area contributed by atoms with Gasteiger partial charge in [0.2, 0.25) is 5.91 Å². The van der Waals surface area contributed by atoms with Gasteiger partial charge in [0.25, 0.3) is 0 Å². The summed E-state index contributed by atoms with van der Waals surface area (Å²) < 4.78 is 5.23. The first-order chi connectivity index (χ1) is 9.45. The third-order valence-corrected chi connectivity index (χ3v) is 3.61. The van der Waals surface area contributed by atoms with E-state index in [2.05, 4.69) is 4.98 Å². The zero-order valence-electron chi connectivity index (χ0n) is 11.6. The predicted molar refractivity (Wildman–Crippen MR) is 74.4 cm³/mol. The maximum Gasteiger partial charge on any atom is 0.310 e. The van der Waals surface area contributed by atoms with E-state index in [0.717, 1.165) is 11.3 Å². The van der Waals surface area contributed by atoms with Crippen molar-refractivity contribution in [1.29, 1.82) is 0 Å². The van der Waals surface area contributed by atoms with Crippen molar-refractivity contribution >= 4 is 23.5 Å². The molecule has 1 aliphatic rings. The molecule has 1 aromatic rings. The van der Waals surface area contributed by atoms with Gasteiger partial charge in [0.1, 0.15) is 5.15 Å². The Kier molecular flexibility index (Phi) is 4.60. The molecule has 0 radical (unpaired) electrons. The first kappa shape index (κ1) is 14.8. The van der Waals surface area contributed by atoms with Crippen molar-refractivity contribution in [1.82, 2.24) is 9.88 Å². The number of pyridine rings is 1. The van der Waals surface area contributed by atoms with Gasteiger partial charge in [-0.2, -0.15) is 0 Å². The number of hydrogen-bond donors (Lipinski definition) is 0. The lowest BCUT2D eigenvalue weighted by Gasteiger charge is -2.11. The van der Waals surface area contributed by atoms with Crippen LogP contribution in [0, 0.1) is 12.8 Å². The van der Waals surface area contributed by atoms with Crippen molar-refractivity contribution in [3.8, 4) is 0 Å². The summed E-state index contributed by atoms with van der Waals surface area (Å²) in [6.45, 7) is 2.74. The fraction of sp³-hybridized carbons (Fsp3) is 0.500. The summed E-state index contributed by atoms with van der Waals surface area (Å²) in [7, 11) is 1.76. The number of hydrogen-bond acceptors (Lipinski definition) is 4. The number of rotatable bonds is 4. The molecule has 0 aliphatic carbocycles. The second-order valence-electron chi connectivity index (χ2n) is 5.08. The summed E-state index contributed by atoms with van der Waals surface area (Å²) in [5.74, 6) is -0.107. The highest BCUT2D eigenvalue weighted by atomic mass is 35.5. The molecular formula is C14H17ClN2O3. The number of carbonyl (C=O) groups is 2. The highest BCUT2D eigenvalue weighted by molar-refractivity contribution is 6.29. The molecule has 1 saturated heterocycles. The minimum atomic E-state index is -0.306. The van der Waals surface area contributed by atoms with Crippen molar-refractivity contribution < 1.29 is 14.3 Å². The van der Waals surface area contributed by atoms with E-state index in [1.165, 1.54) is 0 Å². The normalized spacial score (nSPS) is 18.4. The first-order valence-electron chi connectivity index (χ1n) is 6.47. The fourth-order valence-electron chi connectivity index (χ4n) is 2.23. The molecule has 1 aliphatic heterocycles. The van der Waals surface area contributed by atoms with Crippen molar-refractivity contribution in [2.75, 3.05) is 20.2 Å². The van der Waals surface area contributed by atoms with Crippen LogP contribution in [0.25, 0.3) is 0 Å². The van der Waals surface area contributed by atoms with Crippen molar-refractivity contribution in [3.63, 3.8) is 0 Å². The van der Waals surface area contributed by atoms with E-state index < -0.39 is 0 Å². The summed E-state index contributed by atoms with van der Waals surface area (Å²) in [6, 6.07) is 3.43. The van der Waals surface area contributed by atoms with Gasteiger partial charge in [-0.3, -0.25) is 9.59 Å². The van der Waals surface area contributed by atoms with Gasteiger partial charge < -0.3 is 9.64 Å². The average molecular weight is 297 g/mol. The van der Waals surface area contributed by atoms with Crippen LogP contribution in [0.4, 0.5) is 0 Å². The molecule has 0 bridgehead atoms. The molecule has 2 heterocycles. The van der Waals surface area contributed by atoms with Crippen LogP contribution in [0.2, 0.25) is 5.15 Å². The Labute approximate surface area is 122 Å². The van der Waals surface area contributed by atoms with Gasteiger partial charge in [0, 0.05) is 31.6 Å². The molecular weight excluding hydrogens is 280 g/mol. The monoisotopic (exact) mass is 296 g/mol. The molecule has 0 N–H and O–H groups in total. The molecule has 108 valence electrons. The predicted octanol–water partition coefficient (Wildman–Crippen LogP) is 1.61. The Hall–Kier alpha value is -1.62. The molecule has 5 nitrogen and oxygen atoms in total. The van der Waals surface area contributed by atoms with E-state index in [4.69, 9.17) is 16.3 Å². The molecule has 1 atom stereocenters. The van der Waals surface area contributed by atoms with Crippen LogP contribution in [0.3, 0.4) is 0 Å². The van der Waals surface area contributed by atoms with Crippen molar-refractivity contribution in [2.24, 2.45) is 5.92 Å². The molecule has 6 heteroatoms. The highest BCUT2D eigenvalue weighted by Gasteiger charge is 2.27. The zero-order chi connectivity index (χ0) is 14.7. The summed E-state index contributed by atoms with van der Waals surface area (Å²) >= 11 is 5.76. The Morgan fingerprint density at radius 1 is 1.55 bits per heavy atom. The van der Waals surface area contributed by atoms with E-state index in [1.807, 2.05) is 0 Å². The van der Waals surface area contributed by atoms with E-state index in [0.29, 0.717) is 18.1 Å². The number of esters is 1. The lowest BCUT2D eigenvalue weighted by Crippen LogP contribution is -2.21. The molecule has 2 rings (SSSR count). The van der Waals surface area contributed by atoms with Gasteiger partial charge in [-0.05, 0) is 18.6 Å². The van der Waals surface area contributed by atoms with Gasteiger partial charge in [-0.1, -0.05) is 17.7 Å². The number of aromatic nitrogens is 1. The van der Waals surface area contributed by atoms with Crippen molar-refractivity contribution in [2.45, 2.75) is 19.8 Å². The number of halogens is 1. The first-order valence-corrected chi connectivity index (χ1v) is 6.85. The molecule has 0 aromatic carbocycles. The van der Waals surface area contributed by atoms with Crippen molar-refractivity contribution in [3.05, 3.63) is 28.5 Å².